The van der Waals surface area contributed by atoms with Gasteiger partial charge in [-0.15, -0.1) is 0 Å². The molecule has 0 spiro atoms. The maximum absolute atomic E-state index is 4.77. The first-order valence-electron chi connectivity index (χ1n) is 40.4. The number of para-hydroxylation sites is 11. The molecule has 0 atom stereocenters. The minimum Gasteiger partial charge on any atom is -0.264 e. The third-order valence-corrected chi connectivity index (χ3v) is 24.5. The van der Waals surface area contributed by atoms with E-state index in [0.29, 0.717) is 12.1 Å². The van der Waals surface area contributed by atoms with E-state index in [1.807, 2.05) is 49.3 Å². The molecule has 1 saturated carbocycles. The molecule has 1 aliphatic rings. The molecule has 20 aromatic rings. The third kappa shape index (κ3) is 13.0. The van der Waals surface area contributed by atoms with Crippen LogP contribution in [0.15, 0.2) is 274 Å². The lowest BCUT2D eigenvalue weighted by molar-refractivity contribution is -0.634. The fourth-order valence-electron chi connectivity index (χ4n) is 18.6. The minimum atomic E-state index is 0.384. The second kappa shape index (κ2) is 31.2. The molecule has 0 radical (unpaired) electrons. The smallest absolute Gasteiger partial charge is 0.264 e. The molecule has 1 fully saturated rings. The molecule has 0 unspecified atom stereocenters. The topological polar surface area (TPSA) is 108 Å². The van der Waals surface area contributed by atoms with Crippen LogP contribution >= 0.6 is 0 Å². The van der Waals surface area contributed by atoms with E-state index < -0.39 is 0 Å². The highest BCUT2D eigenvalue weighted by molar-refractivity contribution is 5.94. The number of pyridine rings is 5. The van der Waals surface area contributed by atoms with Gasteiger partial charge in [0.2, 0.25) is 0 Å². The molecular weight excluding hydrogens is 1420 g/mol. The van der Waals surface area contributed by atoms with E-state index in [9.17, 15) is 0 Å². The third-order valence-electron chi connectivity index (χ3n) is 24.5. The van der Waals surface area contributed by atoms with Crippen LogP contribution < -0.4 is 22.8 Å². The van der Waals surface area contributed by atoms with Gasteiger partial charge in [-0.1, -0.05) is 109 Å². The Kier molecular flexibility index (Phi) is 20.2. The van der Waals surface area contributed by atoms with Crippen LogP contribution in [0.2, 0.25) is 0 Å². The molecule has 1 aliphatic carbocycles. The Hall–Kier alpha value is -13.4. The summed E-state index contributed by atoms with van der Waals surface area (Å²) in [4.78, 5) is 22.3. The summed E-state index contributed by atoms with van der Waals surface area (Å²) in [6, 6.07) is 82.2. The zero-order valence-corrected chi connectivity index (χ0v) is 69.2. The van der Waals surface area contributed by atoms with E-state index in [4.69, 9.17) is 4.98 Å². The van der Waals surface area contributed by atoms with Crippen molar-refractivity contribution in [1.82, 2.24) is 47.8 Å². The van der Waals surface area contributed by atoms with Gasteiger partial charge in [0, 0.05) is 70.3 Å². The van der Waals surface area contributed by atoms with Gasteiger partial charge >= 0.3 is 0 Å². The Labute approximate surface area is 677 Å². The van der Waals surface area contributed by atoms with Gasteiger partial charge in [0.05, 0.1) is 107 Å². The van der Waals surface area contributed by atoms with Crippen molar-refractivity contribution in [2.75, 3.05) is 0 Å². The maximum atomic E-state index is 4.77. The number of aryl methyl sites for hydroxylation is 13. The van der Waals surface area contributed by atoms with Crippen molar-refractivity contribution in [2.24, 2.45) is 56.4 Å². The summed E-state index contributed by atoms with van der Waals surface area (Å²) in [6.45, 7) is 15.4. The summed E-state index contributed by atoms with van der Waals surface area (Å²) < 4.78 is 23.3. The van der Waals surface area contributed by atoms with Crippen LogP contribution in [-0.4, -0.2) is 47.8 Å². The SMILES string of the molecule is Cc1c(-c2n(C(C)C)c3ccccc3[n+]2C)ccc2ncccc12.Cc1c(-c2n(C)c3ccccc3[n+]2C)ccc2cccnc12.Cc1c(-c2n(C)c3ccccc3[n+]2C)ccc2ccncc12.Cc1c(-c2n(C)c3ccccc3[n+]2C)ccc2cnccc12.Cc1c(-c2n(C3CCCC3)c3ccccc3[n+]2C)cnc2ccccc12. The van der Waals surface area contributed by atoms with Gasteiger partial charge in [0.1, 0.15) is 6.04 Å². The summed E-state index contributed by atoms with van der Waals surface area (Å²) >= 11 is 0. The van der Waals surface area contributed by atoms with E-state index in [-0.39, 0.29) is 0 Å². The normalized spacial score (nSPS) is 12.3. The zero-order valence-electron chi connectivity index (χ0n) is 69.2. The predicted octanol–water partition coefficient (Wildman–Crippen LogP) is 20.3. The number of imidazole rings is 5. The Morgan fingerprint density at radius 2 is 0.724 bits per heavy atom. The molecule has 0 bridgehead atoms. The quantitative estimate of drug-likeness (QED) is 0.148. The van der Waals surface area contributed by atoms with Gasteiger partial charge in [-0.2, -0.15) is 0 Å². The van der Waals surface area contributed by atoms with Gasteiger partial charge < -0.3 is 0 Å². The second-order valence-electron chi connectivity index (χ2n) is 31.4. The Morgan fingerprint density at radius 1 is 0.310 bits per heavy atom. The lowest BCUT2D eigenvalue weighted by atomic mass is 10.0. The van der Waals surface area contributed by atoms with Crippen LogP contribution in [0.1, 0.15) is 79.4 Å². The lowest BCUT2D eigenvalue weighted by Crippen LogP contribution is -2.31. The van der Waals surface area contributed by atoms with Gasteiger partial charge in [-0.05, 0) is 234 Å². The van der Waals surface area contributed by atoms with E-state index >= 15 is 0 Å². The molecule has 10 aromatic heterocycles. The first-order chi connectivity index (χ1) is 56.4. The number of benzene rings is 10. The summed E-state index contributed by atoms with van der Waals surface area (Å²) in [5.74, 6) is 6.16. The van der Waals surface area contributed by atoms with E-state index in [1.54, 1.807) is 0 Å². The van der Waals surface area contributed by atoms with E-state index in [1.165, 1.54) is 203 Å². The van der Waals surface area contributed by atoms with Crippen LogP contribution in [0.5, 0.6) is 0 Å². The Bertz CT molecular complexity index is 6680. The highest BCUT2D eigenvalue weighted by Crippen LogP contribution is 2.40. The van der Waals surface area contributed by atoms with Crippen molar-refractivity contribution in [3.05, 3.63) is 302 Å². The van der Waals surface area contributed by atoms with Crippen molar-refractivity contribution in [2.45, 2.75) is 86.2 Å². The van der Waals surface area contributed by atoms with Gasteiger partial charge in [0.15, 0.2) is 55.2 Å². The van der Waals surface area contributed by atoms with Crippen molar-refractivity contribution in [1.29, 1.82) is 0 Å². The number of hydrogen-bond donors (Lipinski definition) is 0. The molecule has 0 N–H and O–H groups in total. The number of fused-ring (bicyclic) bond motifs is 10. The molecule has 574 valence electrons. The van der Waals surface area contributed by atoms with Crippen LogP contribution in [-0.2, 0) is 56.4 Å². The van der Waals surface area contributed by atoms with Crippen molar-refractivity contribution >= 4 is 109 Å². The summed E-state index contributed by atoms with van der Waals surface area (Å²) in [7, 11) is 17.1. The Morgan fingerprint density at radius 3 is 1.32 bits per heavy atom. The van der Waals surface area contributed by atoms with Crippen LogP contribution in [0.3, 0.4) is 0 Å². The molecule has 10 aromatic carbocycles. The van der Waals surface area contributed by atoms with Crippen molar-refractivity contribution in [3.63, 3.8) is 0 Å². The molecule has 116 heavy (non-hydrogen) atoms. The van der Waals surface area contributed by atoms with Crippen molar-refractivity contribution in [3.8, 4) is 56.9 Å². The van der Waals surface area contributed by atoms with Gasteiger partial charge in [-0.25, -0.2) is 45.7 Å². The summed E-state index contributed by atoms with van der Waals surface area (Å²) in [5, 5.41) is 8.54. The van der Waals surface area contributed by atoms with Gasteiger partial charge in [-0.3, -0.25) is 24.9 Å². The largest absolute Gasteiger partial charge is 0.291 e. The average Bonchev–Trinajstić information content (AvgIpc) is 1.60. The molecule has 21 rings (SSSR count). The van der Waals surface area contributed by atoms with E-state index in [2.05, 4.69) is 395 Å². The standard InChI is InChI=1S/C23H24N3.C21H22N3.3C19H18N3/c1-16-18-11-5-6-12-20(18)24-15-19(16)23-25(2)21-13-7-8-14-22(21)26(23)17-9-3-4-10-17;1-14(2)24-20-10-6-5-9-19(20)23(4)21(24)17-11-12-18-16(15(17)3)8-7-13-22-18;1-13-15(11-10-14-7-6-12-20-18(13)14)19-21(2)16-8-4-5-9-17(16)22(19)3;1-13-15-10-11-20-12-14(15)8-9-16(13)19-21(2)17-6-4-5-7-18(17)22(19)3;1-13-15(9-8-14-10-11-20-12-16(13)14)19-21(2)17-6-4-5-7-18(17)22(19)3/h5-8,11-15,17H,3-4,9-10H2,1-2H3;5-14H,1-4H3;3*4-12H,1-3H3/q5*+1. The number of hydrogen-bond acceptors (Lipinski definition) is 5. The zero-order chi connectivity index (χ0) is 80.3. The molecule has 15 heteroatoms. The molecule has 10 heterocycles. The monoisotopic (exact) mass is 1520 g/mol. The highest BCUT2D eigenvalue weighted by atomic mass is 15.2. The van der Waals surface area contributed by atoms with Crippen LogP contribution in [0.4, 0.5) is 0 Å². The van der Waals surface area contributed by atoms with Crippen molar-refractivity contribution < 1.29 is 22.8 Å². The van der Waals surface area contributed by atoms with Gasteiger partial charge in [0.25, 0.3) is 29.1 Å². The minimum absolute atomic E-state index is 0.384. The first-order valence-corrected chi connectivity index (χ1v) is 40.4. The number of rotatable bonds is 7. The Balaban J connectivity index is 0.000000104. The fourth-order valence-corrected chi connectivity index (χ4v) is 18.6. The molecular formula is C101H100N15+5. The summed E-state index contributed by atoms with van der Waals surface area (Å²) in [5.41, 5.74) is 28.4. The maximum Gasteiger partial charge on any atom is 0.291 e. The van der Waals surface area contributed by atoms with Crippen LogP contribution in [0, 0.1) is 34.6 Å². The van der Waals surface area contributed by atoms with Crippen LogP contribution in [0.25, 0.3) is 166 Å². The predicted molar refractivity (Wildman–Crippen MR) is 474 cm³/mol. The molecule has 0 amide bonds. The molecule has 15 nitrogen and oxygen atoms in total. The summed E-state index contributed by atoms with van der Waals surface area (Å²) in [6.07, 6.45) is 18.6. The fraction of sp³-hybridized carbons (Fsp3) is 0.208. The number of nitrogens with zero attached hydrogens (tertiary/aromatic N) is 15. The molecule has 0 aliphatic heterocycles. The lowest BCUT2D eigenvalue weighted by Gasteiger charge is -2.12. The van der Waals surface area contributed by atoms with E-state index in [0.717, 1.165) is 16.6 Å². The average molecular weight is 1520 g/mol. The number of aromatic nitrogens is 15. The first kappa shape index (κ1) is 75.3. The highest BCUT2D eigenvalue weighted by Gasteiger charge is 2.35. The molecule has 0 saturated heterocycles. The second-order valence-corrected chi connectivity index (χ2v) is 31.4.